The standard InChI is InChI=1S/C7H12N2/c1-3-6-5-7(4-2)9-8-6/h3-5H2,1-2H3. The van der Waals surface area contributed by atoms with E-state index in [1.54, 1.807) is 0 Å². The topological polar surface area (TPSA) is 24.7 Å². The zero-order valence-corrected chi connectivity index (χ0v) is 6.02. The van der Waals surface area contributed by atoms with Crippen molar-refractivity contribution in [3.8, 4) is 0 Å². The van der Waals surface area contributed by atoms with Crippen molar-refractivity contribution in [2.45, 2.75) is 33.1 Å². The van der Waals surface area contributed by atoms with E-state index in [4.69, 9.17) is 0 Å². The normalized spacial score (nSPS) is 17.6. The molecule has 0 bridgehead atoms. The first kappa shape index (κ1) is 6.46. The van der Waals surface area contributed by atoms with Crippen LogP contribution in [0.25, 0.3) is 0 Å². The molecule has 50 valence electrons. The fraction of sp³-hybridized carbons (Fsp3) is 0.714. The lowest BCUT2D eigenvalue weighted by Crippen LogP contribution is -1.98. The lowest BCUT2D eigenvalue weighted by atomic mass is 10.1. The van der Waals surface area contributed by atoms with Crippen LogP contribution in [-0.2, 0) is 0 Å². The van der Waals surface area contributed by atoms with Crippen molar-refractivity contribution in [3.05, 3.63) is 0 Å². The average Bonchev–Trinajstić information content (AvgIpc) is 2.34. The maximum Gasteiger partial charge on any atom is 0.0459 e. The Balaban J connectivity index is 2.43. The van der Waals surface area contributed by atoms with E-state index in [0.717, 1.165) is 19.3 Å². The monoisotopic (exact) mass is 124 g/mol. The minimum Gasteiger partial charge on any atom is -0.160 e. The summed E-state index contributed by atoms with van der Waals surface area (Å²) in [6.45, 7) is 4.24. The minimum atomic E-state index is 1.02. The van der Waals surface area contributed by atoms with Gasteiger partial charge in [-0.3, -0.25) is 0 Å². The smallest absolute Gasteiger partial charge is 0.0459 e. The molecule has 0 aromatic carbocycles. The van der Waals surface area contributed by atoms with Crippen molar-refractivity contribution in [2.75, 3.05) is 0 Å². The molecule has 2 heteroatoms. The molecule has 0 aromatic rings. The highest BCUT2D eigenvalue weighted by atomic mass is 15.2. The molecule has 0 aromatic heterocycles. The van der Waals surface area contributed by atoms with E-state index in [1.165, 1.54) is 11.4 Å². The Morgan fingerprint density at radius 2 is 1.56 bits per heavy atom. The van der Waals surface area contributed by atoms with Crippen LogP contribution < -0.4 is 0 Å². The largest absolute Gasteiger partial charge is 0.160 e. The van der Waals surface area contributed by atoms with Gasteiger partial charge in [0, 0.05) is 17.8 Å². The zero-order valence-electron chi connectivity index (χ0n) is 6.02. The van der Waals surface area contributed by atoms with Gasteiger partial charge >= 0.3 is 0 Å². The summed E-state index contributed by atoms with van der Waals surface area (Å²) in [4.78, 5) is 0. The van der Waals surface area contributed by atoms with Crippen LogP contribution in [0.5, 0.6) is 0 Å². The molecule has 0 N–H and O–H groups in total. The second kappa shape index (κ2) is 2.76. The maximum absolute atomic E-state index is 4.01. The molecule has 0 spiro atoms. The van der Waals surface area contributed by atoms with E-state index >= 15 is 0 Å². The fourth-order valence-electron chi connectivity index (χ4n) is 0.839. The molecule has 9 heavy (non-hydrogen) atoms. The Labute approximate surface area is 55.7 Å². The van der Waals surface area contributed by atoms with Crippen LogP contribution in [0.1, 0.15) is 33.1 Å². The SMILES string of the molecule is CCC1=NN=C(CC)C1. The highest BCUT2D eigenvalue weighted by Crippen LogP contribution is 2.06. The molecule has 0 aliphatic carbocycles. The summed E-state index contributed by atoms with van der Waals surface area (Å²) in [6.07, 6.45) is 3.12. The first-order valence-electron chi connectivity index (χ1n) is 3.48. The lowest BCUT2D eigenvalue weighted by molar-refractivity contribution is 1.18. The molecule has 2 nitrogen and oxygen atoms in total. The summed E-state index contributed by atoms with van der Waals surface area (Å²) in [5, 5.41) is 8.02. The van der Waals surface area contributed by atoms with E-state index < -0.39 is 0 Å². The van der Waals surface area contributed by atoms with Gasteiger partial charge in [0.1, 0.15) is 0 Å². The Kier molecular flexibility index (Phi) is 1.98. The second-order valence-corrected chi connectivity index (χ2v) is 2.22. The van der Waals surface area contributed by atoms with Crippen molar-refractivity contribution in [1.82, 2.24) is 0 Å². The fourth-order valence-corrected chi connectivity index (χ4v) is 0.839. The first-order valence-corrected chi connectivity index (χ1v) is 3.48. The van der Waals surface area contributed by atoms with E-state index in [0.29, 0.717) is 0 Å². The van der Waals surface area contributed by atoms with Crippen molar-refractivity contribution < 1.29 is 0 Å². The van der Waals surface area contributed by atoms with Crippen LogP contribution in [0.15, 0.2) is 10.2 Å². The quantitative estimate of drug-likeness (QED) is 0.538. The number of nitrogens with zero attached hydrogens (tertiary/aromatic N) is 2. The average molecular weight is 124 g/mol. The van der Waals surface area contributed by atoms with Crippen molar-refractivity contribution in [1.29, 1.82) is 0 Å². The predicted molar refractivity (Wildman–Crippen MR) is 40.1 cm³/mol. The van der Waals surface area contributed by atoms with Crippen LogP contribution in [0.2, 0.25) is 0 Å². The first-order chi connectivity index (χ1) is 4.36. The third kappa shape index (κ3) is 1.37. The summed E-state index contributed by atoms with van der Waals surface area (Å²) in [5.74, 6) is 0. The number of rotatable bonds is 2. The molecule has 0 atom stereocenters. The molecule has 1 heterocycles. The summed E-state index contributed by atoms with van der Waals surface area (Å²) >= 11 is 0. The van der Waals surface area contributed by atoms with Gasteiger partial charge in [-0.1, -0.05) is 13.8 Å². The van der Waals surface area contributed by atoms with Crippen molar-refractivity contribution in [2.24, 2.45) is 10.2 Å². The van der Waals surface area contributed by atoms with Crippen LogP contribution in [0.4, 0.5) is 0 Å². The molecule has 0 amide bonds. The molecule has 0 saturated heterocycles. The van der Waals surface area contributed by atoms with Crippen LogP contribution in [0, 0.1) is 0 Å². The lowest BCUT2D eigenvalue weighted by Gasteiger charge is -1.91. The molecular formula is C7H12N2. The van der Waals surface area contributed by atoms with Crippen molar-refractivity contribution >= 4 is 11.4 Å². The highest BCUT2D eigenvalue weighted by molar-refractivity contribution is 6.07. The highest BCUT2D eigenvalue weighted by Gasteiger charge is 2.07. The Hall–Kier alpha value is -0.660. The third-order valence-electron chi connectivity index (χ3n) is 1.56. The number of hydrogen-bond acceptors (Lipinski definition) is 2. The van der Waals surface area contributed by atoms with Gasteiger partial charge in [0.25, 0.3) is 0 Å². The summed E-state index contributed by atoms with van der Waals surface area (Å²) < 4.78 is 0. The van der Waals surface area contributed by atoms with Crippen LogP contribution >= 0.6 is 0 Å². The summed E-state index contributed by atoms with van der Waals surface area (Å²) in [6, 6.07) is 0. The Morgan fingerprint density at radius 1 is 1.11 bits per heavy atom. The molecule has 0 unspecified atom stereocenters. The number of hydrogen-bond donors (Lipinski definition) is 0. The molecular weight excluding hydrogens is 112 g/mol. The molecule has 0 saturated carbocycles. The van der Waals surface area contributed by atoms with Gasteiger partial charge in [0.05, 0.1) is 0 Å². The van der Waals surface area contributed by atoms with Gasteiger partial charge in [0.15, 0.2) is 0 Å². The summed E-state index contributed by atoms with van der Waals surface area (Å²) in [5.41, 5.74) is 2.46. The minimum absolute atomic E-state index is 1.02. The van der Waals surface area contributed by atoms with Crippen molar-refractivity contribution in [3.63, 3.8) is 0 Å². The van der Waals surface area contributed by atoms with Gasteiger partial charge in [-0.2, -0.15) is 10.2 Å². The van der Waals surface area contributed by atoms with Crippen LogP contribution in [0.3, 0.4) is 0 Å². The van der Waals surface area contributed by atoms with Crippen LogP contribution in [-0.4, -0.2) is 11.4 Å². The van der Waals surface area contributed by atoms with Gasteiger partial charge in [0.2, 0.25) is 0 Å². The summed E-state index contributed by atoms with van der Waals surface area (Å²) in [7, 11) is 0. The maximum atomic E-state index is 4.01. The van der Waals surface area contributed by atoms with Gasteiger partial charge in [-0.05, 0) is 12.8 Å². The van der Waals surface area contributed by atoms with E-state index in [9.17, 15) is 0 Å². The predicted octanol–water partition coefficient (Wildman–Crippen LogP) is 2.01. The van der Waals surface area contributed by atoms with E-state index in [-0.39, 0.29) is 0 Å². The van der Waals surface area contributed by atoms with Gasteiger partial charge in [-0.25, -0.2) is 0 Å². The molecule has 1 rings (SSSR count). The molecule has 1 aliphatic heterocycles. The van der Waals surface area contributed by atoms with Gasteiger partial charge in [-0.15, -0.1) is 0 Å². The Morgan fingerprint density at radius 3 is 1.78 bits per heavy atom. The van der Waals surface area contributed by atoms with E-state index in [2.05, 4.69) is 24.1 Å². The molecule has 0 fully saturated rings. The third-order valence-corrected chi connectivity index (χ3v) is 1.56. The molecule has 0 radical (unpaired) electrons. The zero-order chi connectivity index (χ0) is 6.69. The Bertz CT molecular complexity index is 138. The second-order valence-electron chi connectivity index (χ2n) is 2.22. The van der Waals surface area contributed by atoms with E-state index in [1.807, 2.05) is 0 Å². The van der Waals surface area contributed by atoms with Gasteiger partial charge < -0.3 is 0 Å². The molecule has 1 aliphatic rings.